The zero-order valence-electron chi connectivity index (χ0n) is 9.62. The summed E-state index contributed by atoms with van der Waals surface area (Å²) in [5.41, 5.74) is -3.42. The molecule has 0 radical (unpaired) electrons. The lowest BCUT2D eigenvalue weighted by molar-refractivity contribution is -0.243. The van der Waals surface area contributed by atoms with Gasteiger partial charge in [-0.2, -0.15) is 13.2 Å². The molecule has 0 saturated carbocycles. The van der Waals surface area contributed by atoms with E-state index >= 15 is 0 Å². The average molecular weight is 244 g/mol. The van der Waals surface area contributed by atoms with E-state index in [1.165, 1.54) is 0 Å². The molecular formula is C11H20F4O. The van der Waals surface area contributed by atoms with Gasteiger partial charge in [0.25, 0.3) is 0 Å². The Balaban J connectivity index is 3.80. The van der Waals surface area contributed by atoms with Gasteiger partial charge in [-0.1, -0.05) is 39.0 Å². The molecule has 16 heavy (non-hydrogen) atoms. The molecule has 0 aliphatic rings. The van der Waals surface area contributed by atoms with Gasteiger partial charge in [-0.25, -0.2) is 4.39 Å². The van der Waals surface area contributed by atoms with E-state index in [2.05, 4.69) is 0 Å². The van der Waals surface area contributed by atoms with Gasteiger partial charge in [-0.05, 0) is 12.8 Å². The lowest BCUT2D eigenvalue weighted by atomic mass is 9.97. The van der Waals surface area contributed by atoms with E-state index in [9.17, 15) is 17.6 Å². The number of unbranched alkanes of at least 4 members (excludes halogenated alkanes) is 5. The summed E-state index contributed by atoms with van der Waals surface area (Å²) in [4.78, 5) is 0. The minimum Gasteiger partial charge on any atom is -0.393 e. The molecule has 0 bridgehead atoms. The maximum atomic E-state index is 13.2. The highest BCUT2D eigenvalue weighted by molar-refractivity contribution is 4.86. The van der Waals surface area contributed by atoms with E-state index < -0.39 is 24.9 Å². The Kier molecular flexibility index (Phi) is 6.95. The standard InChI is InChI=1S/C11H20F4O/c1-2-3-4-5-6-7-8-10(12,9-16)11(13,14)15/h16H,2-9H2,1H3. The zero-order valence-corrected chi connectivity index (χ0v) is 9.62. The normalized spacial score (nSPS) is 16.1. The van der Waals surface area contributed by atoms with E-state index in [1.54, 1.807) is 0 Å². The van der Waals surface area contributed by atoms with Crippen molar-refractivity contribution in [3.8, 4) is 0 Å². The predicted molar refractivity (Wildman–Crippen MR) is 55.0 cm³/mol. The third-order valence-electron chi connectivity index (χ3n) is 2.69. The number of hydrogen-bond acceptors (Lipinski definition) is 1. The quantitative estimate of drug-likeness (QED) is 0.505. The van der Waals surface area contributed by atoms with Crippen LogP contribution in [-0.2, 0) is 0 Å². The summed E-state index contributed by atoms with van der Waals surface area (Å²) in [7, 11) is 0. The molecule has 0 rings (SSSR count). The second-order valence-electron chi connectivity index (χ2n) is 4.14. The molecule has 0 heterocycles. The molecule has 0 amide bonds. The number of alkyl halides is 4. The second-order valence-corrected chi connectivity index (χ2v) is 4.14. The summed E-state index contributed by atoms with van der Waals surface area (Å²) in [5.74, 6) is 0. The molecule has 0 aromatic rings. The third-order valence-corrected chi connectivity index (χ3v) is 2.69. The Morgan fingerprint density at radius 3 is 1.81 bits per heavy atom. The van der Waals surface area contributed by atoms with Crippen molar-refractivity contribution < 1.29 is 22.7 Å². The molecule has 1 unspecified atom stereocenters. The minimum absolute atomic E-state index is 0.167. The predicted octanol–water partition coefficient (Wildman–Crippen LogP) is 4.00. The Morgan fingerprint density at radius 1 is 0.875 bits per heavy atom. The first kappa shape index (κ1) is 15.7. The van der Waals surface area contributed by atoms with E-state index in [4.69, 9.17) is 5.11 Å². The minimum atomic E-state index is -4.97. The first-order chi connectivity index (χ1) is 7.37. The molecule has 0 spiro atoms. The van der Waals surface area contributed by atoms with Gasteiger partial charge in [-0.15, -0.1) is 0 Å². The highest BCUT2D eigenvalue weighted by Gasteiger charge is 2.54. The second kappa shape index (κ2) is 7.09. The fraction of sp³-hybridized carbons (Fsp3) is 1.00. The maximum Gasteiger partial charge on any atom is 0.424 e. The molecule has 0 aromatic carbocycles. The molecule has 5 heteroatoms. The van der Waals surface area contributed by atoms with Gasteiger partial charge in [0.2, 0.25) is 5.67 Å². The van der Waals surface area contributed by atoms with Crippen molar-refractivity contribution in [2.75, 3.05) is 6.61 Å². The molecule has 0 saturated heterocycles. The van der Waals surface area contributed by atoms with Crippen molar-refractivity contribution in [2.45, 2.75) is 63.7 Å². The summed E-state index contributed by atoms with van der Waals surface area (Å²) in [6, 6.07) is 0. The summed E-state index contributed by atoms with van der Waals surface area (Å²) >= 11 is 0. The van der Waals surface area contributed by atoms with Crippen LogP contribution in [-0.4, -0.2) is 23.6 Å². The van der Waals surface area contributed by atoms with Gasteiger partial charge in [0.05, 0.1) is 6.61 Å². The largest absolute Gasteiger partial charge is 0.424 e. The van der Waals surface area contributed by atoms with Gasteiger partial charge < -0.3 is 5.11 Å². The van der Waals surface area contributed by atoms with E-state index in [0.717, 1.165) is 25.7 Å². The van der Waals surface area contributed by atoms with Gasteiger partial charge >= 0.3 is 6.18 Å². The lowest BCUT2D eigenvalue weighted by Crippen LogP contribution is -2.44. The van der Waals surface area contributed by atoms with Crippen LogP contribution in [0.4, 0.5) is 17.6 Å². The first-order valence-electron chi connectivity index (χ1n) is 5.74. The number of aliphatic hydroxyl groups excluding tert-OH is 1. The van der Waals surface area contributed by atoms with E-state index in [1.807, 2.05) is 6.92 Å². The summed E-state index contributed by atoms with van der Waals surface area (Å²) in [5, 5.41) is 8.47. The number of halogens is 4. The van der Waals surface area contributed by atoms with Crippen LogP contribution in [0.15, 0.2) is 0 Å². The SMILES string of the molecule is CCCCCCCCC(F)(CO)C(F)(F)F. The summed E-state index contributed by atoms with van der Waals surface area (Å²) in [6.07, 6.45) is -0.938. The topological polar surface area (TPSA) is 20.2 Å². The number of hydrogen-bond donors (Lipinski definition) is 1. The molecular weight excluding hydrogens is 224 g/mol. The van der Waals surface area contributed by atoms with Crippen LogP contribution in [0.2, 0.25) is 0 Å². The molecule has 0 aliphatic carbocycles. The van der Waals surface area contributed by atoms with Crippen molar-refractivity contribution in [2.24, 2.45) is 0 Å². The molecule has 0 fully saturated rings. The molecule has 98 valence electrons. The molecule has 1 N–H and O–H groups in total. The number of rotatable bonds is 8. The molecule has 0 aromatic heterocycles. The van der Waals surface area contributed by atoms with Crippen molar-refractivity contribution in [1.29, 1.82) is 0 Å². The Hall–Kier alpha value is -0.320. The van der Waals surface area contributed by atoms with Crippen LogP contribution in [0.1, 0.15) is 51.9 Å². The van der Waals surface area contributed by atoms with Gasteiger partial charge in [0, 0.05) is 0 Å². The average Bonchev–Trinajstić information content (AvgIpc) is 2.21. The first-order valence-corrected chi connectivity index (χ1v) is 5.74. The van der Waals surface area contributed by atoms with Crippen LogP contribution in [0.3, 0.4) is 0 Å². The van der Waals surface area contributed by atoms with Crippen molar-refractivity contribution in [3.63, 3.8) is 0 Å². The van der Waals surface area contributed by atoms with Crippen LogP contribution in [0.25, 0.3) is 0 Å². The molecule has 1 nitrogen and oxygen atoms in total. The third kappa shape index (κ3) is 5.14. The van der Waals surface area contributed by atoms with Crippen LogP contribution in [0, 0.1) is 0 Å². The van der Waals surface area contributed by atoms with Crippen LogP contribution < -0.4 is 0 Å². The Labute approximate surface area is 93.8 Å². The van der Waals surface area contributed by atoms with E-state index in [0.29, 0.717) is 6.42 Å². The fourth-order valence-electron chi connectivity index (χ4n) is 1.50. The molecule has 1 atom stereocenters. The number of aliphatic hydroxyl groups is 1. The Morgan fingerprint density at radius 2 is 1.38 bits per heavy atom. The smallest absolute Gasteiger partial charge is 0.393 e. The van der Waals surface area contributed by atoms with Crippen LogP contribution >= 0.6 is 0 Å². The van der Waals surface area contributed by atoms with Crippen molar-refractivity contribution >= 4 is 0 Å². The zero-order chi connectivity index (χ0) is 12.7. The monoisotopic (exact) mass is 244 g/mol. The van der Waals surface area contributed by atoms with Gasteiger partial charge in [0.15, 0.2) is 0 Å². The van der Waals surface area contributed by atoms with Gasteiger partial charge in [0.1, 0.15) is 0 Å². The van der Waals surface area contributed by atoms with Crippen LogP contribution in [0.5, 0.6) is 0 Å². The lowest BCUT2D eigenvalue weighted by Gasteiger charge is -2.25. The molecule has 0 aliphatic heterocycles. The highest BCUT2D eigenvalue weighted by Crippen LogP contribution is 2.37. The van der Waals surface area contributed by atoms with Crippen molar-refractivity contribution in [1.82, 2.24) is 0 Å². The Bertz CT molecular complexity index is 181. The van der Waals surface area contributed by atoms with E-state index in [-0.39, 0.29) is 6.42 Å². The van der Waals surface area contributed by atoms with Gasteiger partial charge in [-0.3, -0.25) is 0 Å². The summed E-state index contributed by atoms with van der Waals surface area (Å²) in [6.45, 7) is 0.563. The van der Waals surface area contributed by atoms with Crippen molar-refractivity contribution in [3.05, 3.63) is 0 Å². The summed E-state index contributed by atoms with van der Waals surface area (Å²) < 4.78 is 49.8. The maximum absolute atomic E-state index is 13.2. The fourth-order valence-corrected chi connectivity index (χ4v) is 1.50. The highest BCUT2D eigenvalue weighted by atomic mass is 19.4.